The average Bonchev–Trinajstić information content (AvgIpc) is 2.65. The van der Waals surface area contributed by atoms with Crippen molar-refractivity contribution in [3.05, 3.63) is 34.4 Å². The van der Waals surface area contributed by atoms with Gasteiger partial charge in [-0.05, 0) is 67.5 Å². The van der Waals surface area contributed by atoms with Gasteiger partial charge in [0.1, 0.15) is 0 Å². The standard InChI is InChI=1S/C11H18N2.C9H14N2S2/c1-4-8-6-9(5-2)11(13)7(3)10(8)12;1-5-8(10)6(12-2)4-7(13-3)9(5)11/h6H,4-5,12-13H2,1-3H3;4H,10-11H2,1-3H3. The Balaban J connectivity index is 0.000000260. The number of hydrogen-bond donors (Lipinski definition) is 4. The summed E-state index contributed by atoms with van der Waals surface area (Å²) in [7, 11) is 0. The second-order valence-corrected chi connectivity index (χ2v) is 7.78. The predicted molar refractivity (Wildman–Crippen MR) is 122 cm³/mol. The van der Waals surface area contributed by atoms with Gasteiger partial charge < -0.3 is 22.9 Å². The van der Waals surface area contributed by atoms with Crippen molar-refractivity contribution >= 4 is 46.3 Å². The van der Waals surface area contributed by atoms with Gasteiger partial charge in [-0.3, -0.25) is 0 Å². The third-order valence-electron chi connectivity index (χ3n) is 4.65. The largest absolute Gasteiger partial charge is 0.398 e. The molecule has 0 saturated heterocycles. The molecular weight excluding hydrogens is 360 g/mol. The Hall–Kier alpha value is -1.66. The number of benzene rings is 2. The van der Waals surface area contributed by atoms with Gasteiger partial charge >= 0.3 is 0 Å². The summed E-state index contributed by atoms with van der Waals surface area (Å²) in [4.78, 5) is 2.21. The molecule has 4 nitrogen and oxygen atoms in total. The van der Waals surface area contributed by atoms with Crippen LogP contribution in [0.15, 0.2) is 21.9 Å². The normalized spacial score (nSPS) is 10.4. The van der Waals surface area contributed by atoms with E-state index >= 15 is 0 Å². The molecule has 26 heavy (non-hydrogen) atoms. The van der Waals surface area contributed by atoms with Crippen LogP contribution in [-0.4, -0.2) is 12.5 Å². The van der Waals surface area contributed by atoms with Gasteiger partial charge in [-0.2, -0.15) is 0 Å². The van der Waals surface area contributed by atoms with E-state index in [9.17, 15) is 0 Å². The summed E-state index contributed by atoms with van der Waals surface area (Å²) in [6.45, 7) is 8.18. The second-order valence-electron chi connectivity index (χ2n) is 6.09. The molecule has 2 aromatic carbocycles. The van der Waals surface area contributed by atoms with E-state index in [1.165, 1.54) is 11.1 Å². The summed E-state index contributed by atoms with van der Waals surface area (Å²) < 4.78 is 0. The number of aryl methyl sites for hydroxylation is 2. The lowest BCUT2D eigenvalue weighted by molar-refractivity contribution is 1.08. The number of hydrogen-bond acceptors (Lipinski definition) is 6. The van der Waals surface area contributed by atoms with Gasteiger partial charge in [-0.25, -0.2) is 0 Å². The lowest BCUT2D eigenvalue weighted by Gasteiger charge is -2.13. The molecule has 0 atom stereocenters. The van der Waals surface area contributed by atoms with E-state index in [1.54, 1.807) is 23.5 Å². The van der Waals surface area contributed by atoms with Gasteiger partial charge in [0, 0.05) is 21.2 Å². The van der Waals surface area contributed by atoms with Crippen molar-refractivity contribution in [2.24, 2.45) is 0 Å². The summed E-state index contributed by atoms with van der Waals surface area (Å²) >= 11 is 3.31. The van der Waals surface area contributed by atoms with Crippen LogP contribution in [0.2, 0.25) is 0 Å². The van der Waals surface area contributed by atoms with Crippen LogP contribution in [0.3, 0.4) is 0 Å². The molecule has 6 heteroatoms. The van der Waals surface area contributed by atoms with E-state index in [2.05, 4.69) is 19.9 Å². The molecule has 0 spiro atoms. The topological polar surface area (TPSA) is 104 Å². The molecule has 0 unspecified atom stereocenters. The minimum atomic E-state index is 0.808. The Kier molecular flexibility index (Phi) is 8.50. The van der Waals surface area contributed by atoms with Gasteiger partial charge in [0.05, 0.1) is 11.4 Å². The average molecular weight is 393 g/mol. The van der Waals surface area contributed by atoms with Crippen LogP contribution in [0.25, 0.3) is 0 Å². The van der Waals surface area contributed by atoms with Gasteiger partial charge in [0.15, 0.2) is 0 Å². The number of rotatable bonds is 4. The van der Waals surface area contributed by atoms with Gasteiger partial charge in [0.25, 0.3) is 0 Å². The molecule has 0 bridgehead atoms. The summed E-state index contributed by atoms with van der Waals surface area (Å²) in [6, 6.07) is 4.17. The predicted octanol–water partition coefficient (Wildman–Crippen LogP) is 4.89. The second kappa shape index (κ2) is 9.88. The fourth-order valence-electron chi connectivity index (χ4n) is 2.70. The molecule has 144 valence electrons. The fourth-order valence-corrected chi connectivity index (χ4v) is 4.00. The highest BCUT2D eigenvalue weighted by atomic mass is 32.2. The van der Waals surface area contributed by atoms with Crippen molar-refractivity contribution in [2.75, 3.05) is 35.4 Å². The number of nitrogen functional groups attached to an aromatic ring is 4. The Labute approximate surface area is 166 Å². The van der Waals surface area contributed by atoms with E-state index in [-0.39, 0.29) is 0 Å². The molecule has 0 aliphatic rings. The first kappa shape index (κ1) is 22.4. The van der Waals surface area contributed by atoms with Crippen LogP contribution in [0.4, 0.5) is 22.7 Å². The summed E-state index contributed by atoms with van der Waals surface area (Å²) in [6.07, 6.45) is 5.98. The zero-order valence-corrected chi connectivity index (χ0v) is 18.3. The van der Waals surface area contributed by atoms with Crippen molar-refractivity contribution in [3.63, 3.8) is 0 Å². The molecular formula is C20H32N4S2. The highest BCUT2D eigenvalue weighted by Gasteiger charge is 2.09. The van der Waals surface area contributed by atoms with Crippen LogP contribution in [0.5, 0.6) is 0 Å². The molecule has 2 rings (SSSR count). The van der Waals surface area contributed by atoms with Crippen LogP contribution >= 0.6 is 23.5 Å². The Bertz CT molecular complexity index is 651. The van der Waals surface area contributed by atoms with Gasteiger partial charge in [-0.15, -0.1) is 23.5 Å². The highest BCUT2D eigenvalue weighted by molar-refractivity contribution is 7.99. The molecule has 8 N–H and O–H groups in total. The molecule has 0 saturated carbocycles. The smallest absolute Gasteiger partial charge is 0.0503 e. The zero-order valence-electron chi connectivity index (χ0n) is 16.7. The maximum absolute atomic E-state index is 5.94. The number of nitrogens with two attached hydrogens (primary N) is 4. The summed E-state index contributed by atoms with van der Waals surface area (Å²) in [5, 5.41) is 0. The van der Waals surface area contributed by atoms with Crippen LogP contribution < -0.4 is 22.9 Å². The van der Waals surface area contributed by atoms with Crippen LogP contribution in [-0.2, 0) is 12.8 Å². The van der Waals surface area contributed by atoms with Crippen molar-refractivity contribution in [1.29, 1.82) is 0 Å². The Morgan fingerprint density at radius 3 is 1.31 bits per heavy atom. The minimum Gasteiger partial charge on any atom is -0.398 e. The first-order valence-corrected chi connectivity index (χ1v) is 11.1. The van der Waals surface area contributed by atoms with Gasteiger partial charge in [-0.1, -0.05) is 19.9 Å². The molecule has 0 aromatic heterocycles. The number of thioether (sulfide) groups is 2. The minimum absolute atomic E-state index is 0.808. The highest BCUT2D eigenvalue weighted by Crippen LogP contribution is 2.36. The van der Waals surface area contributed by atoms with E-state index < -0.39 is 0 Å². The molecule has 0 heterocycles. The first-order chi connectivity index (χ1) is 12.2. The summed E-state index contributed by atoms with van der Waals surface area (Å²) in [5.41, 5.74) is 31.5. The van der Waals surface area contributed by atoms with E-state index in [0.29, 0.717) is 0 Å². The molecule has 0 aliphatic heterocycles. The third-order valence-corrected chi connectivity index (χ3v) is 6.21. The molecule has 0 aliphatic carbocycles. The van der Waals surface area contributed by atoms with Crippen molar-refractivity contribution in [3.8, 4) is 0 Å². The molecule has 0 fully saturated rings. The zero-order chi connectivity index (χ0) is 20.0. The van der Waals surface area contributed by atoms with Crippen molar-refractivity contribution in [2.45, 2.75) is 50.3 Å². The van der Waals surface area contributed by atoms with Crippen LogP contribution in [0, 0.1) is 13.8 Å². The molecule has 2 aromatic rings. The van der Waals surface area contributed by atoms with Crippen molar-refractivity contribution < 1.29 is 0 Å². The fraction of sp³-hybridized carbons (Fsp3) is 0.400. The van der Waals surface area contributed by atoms with Crippen LogP contribution in [0.1, 0.15) is 36.1 Å². The molecule has 0 radical (unpaired) electrons. The quantitative estimate of drug-likeness (QED) is 0.436. The lowest BCUT2D eigenvalue weighted by Crippen LogP contribution is -2.04. The van der Waals surface area contributed by atoms with Crippen molar-refractivity contribution in [1.82, 2.24) is 0 Å². The Morgan fingerprint density at radius 1 is 0.654 bits per heavy atom. The first-order valence-electron chi connectivity index (χ1n) is 8.66. The maximum Gasteiger partial charge on any atom is 0.0503 e. The monoisotopic (exact) mass is 392 g/mol. The number of anilines is 4. The van der Waals surface area contributed by atoms with E-state index in [4.69, 9.17) is 22.9 Å². The SMILES string of the molecule is CCc1cc(CC)c(N)c(C)c1N.CSc1cc(SC)c(N)c(C)c1N. The molecule has 0 amide bonds. The maximum atomic E-state index is 5.94. The third kappa shape index (κ3) is 4.74. The lowest BCUT2D eigenvalue weighted by atomic mass is 9.98. The van der Waals surface area contributed by atoms with E-state index in [1.807, 2.05) is 32.4 Å². The summed E-state index contributed by atoms with van der Waals surface area (Å²) in [5.74, 6) is 0. The van der Waals surface area contributed by atoms with Gasteiger partial charge in [0.2, 0.25) is 0 Å². The van der Waals surface area contributed by atoms with E-state index in [0.717, 1.165) is 56.5 Å². The Morgan fingerprint density at radius 2 is 1.00 bits per heavy atom.